The van der Waals surface area contributed by atoms with Gasteiger partial charge in [-0.1, -0.05) is 24.3 Å². The summed E-state index contributed by atoms with van der Waals surface area (Å²) in [7, 11) is 1.69. The van der Waals surface area contributed by atoms with Gasteiger partial charge in [0.05, 0.1) is 13.3 Å². The maximum Gasteiger partial charge on any atom is 0.291 e. The Morgan fingerprint density at radius 3 is 2.25 bits per heavy atom. The van der Waals surface area contributed by atoms with Gasteiger partial charge in [-0.05, 0) is 42.5 Å². The predicted octanol–water partition coefficient (Wildman–Crippen LogP) is 4.47. The predicted molar refractivity (Wildman–Crippen MR) is 101 cm³/mol. The van der Waals surface area contributed by atoms with Gasteiger partial charge in [-0.3, -0.25) is 0 Å². The molecule has 2 heterocycles. The zero-order valence-electron chi connectivity index (χ0n) is 13.3. The molecule has 0 N–H and O–H groups in total. The van der Waals surface area contributed by atoms with Crippen LogP contribution in [0.2, 0.25) is 0 Å². The van der Waals surface area contributed by atoms with Crippen LogP contribution in [0.4, 0.5) is 0 Å². The van der Waals surface area contributed by atoms with Gasteiger partial charge in [0.25, 0.3) is 5.65 Å². The van der Waals surface area contributed by atoms with Gasteiger partial charge in [-0.2, -0.15) is 8.97 Å². The number of imidazole rings is 1. The van der Waals surface area contributed by atoms with E-state index in [0.717, 1.165) is 28.3 Å². The topological polar surface area (TPSA) is 18.3 Å². The highest BCUT2D eigenvalue weighted by Gasteiger charge is 2.18. The molecule has 2 aromatic carbocycles. The van der Waals surface area contributed by atoms with Crippen LogP contribution in [0.15, 0.2) is 85.2 Å². The van der Waals surface area contributed by atoms with E-state index in [-0.39, 0.29) is 17.0 Å². The zero-order chi connectivity index (χ0) is 15.6. The number of benzene rings is 2. The van der Waals surface area contributed by atoms with E-state index >= 15 is 0 Å². The molecular weight excluding hydrogens is 364 g/mol. The molecule has 3 nitrogen and oxygen atoms in total. The monoisotopic (exact) mass is 381 g/mol. The molecule has 0 atom stereocenters. The molecule has 4 heteroatoms. The number of hydrogen-bond donors (Lipinski definition) is 0. The summed E-state index contributed by atoms with van der Waals surface area (Å²) in [5, 5.41) is 0. The Bertz CT molecular complexity index is 946. The van der Waals surface area contributed by atoms with Crippen molar-refractivity contribution in [3.63, 3.8) is 0 Å². The number of halogens is 1. The standard InChI is InChI=1S/C20H17N2O.BrH/c1-23-18-12-10-16(11-13-18)19-15-22(17-7-3-2-4-8-17)20-9-5-6-14-21(19)20;/h2-15H,1H3;1H/q+1;. The third kappa shape index (κ3) is 2.81. The third-order valence-corrected chi connectivity index (χ3v) is 4.02. The maximum absolute atomic E-state index is 5.26. The van der Waals surface area contributed by atoms with Gasteiger partial charge in [-0.25, -0.2) is 0 Å². The zero-order valence-corrected chi connectivity index (χ0v) is 15.0. The van der Waals surface area contributed by atoms with E-state index in [1.807, 2.05) is 18.2 Å². The van der Waals surface area contributed by atoms with E-state index < -0.39 is 0 Å². The Morgan fingerprint density at radius 1 is 0.833 bits per heavy atom. The average Bonchev–Trinajstić information content (AvgIpc) is 3.02. The Balaban J connectivity index is 0.00000169. The van der Waals surface area contributed by atoms with Crippen LogP contribution in [0.25, 0.3) is 22.6 Å². The minimum atomic E-state index is 0. The smallest absolute Gasteiger partial charge is 0.291 e. The van der Waals surface area contributed by atoms with Crippen molar-refractivity contribution in [3.8, 4) is 22.7 Å². The first-order valence-electron chi connectivity index (χ1n) is 7.58. The minimum absolute atomic E-state index is 0. The Morgan fingerprint density at radius 2 is 1.54 bits per heavy atom. The van der Waals surface area contributed by atoms with Crippen LogP contribution in [-0.4, -0.2) is 11.7 Å². The normalized spacial score (nSPS) is 10.4. The summed E-state index contributed by atoms with van der Waals surface area (Å²) in [5.74, 6) is 0.866. The van der Waals surface area contributed by atoms with Crippen LogP contribution < -0.4 is 9.14 Å². The Labute approximate surface area is 151 Å². The highest BCUT2D eigenvalue weighted by atomic mass is 79.9. The second-order valence-electron chi connectivity index (χ2n) is 5.38. The van der Waals surface area contributed by atoms with E-state index in [9.17, 15) is 0 Å². The molecule has 0 saturated carbocycles. The number of pyridine rings is 1. The lowest BCUT2D eigenvalue weighted by Gasteiger charge is -2.00. The first-order chi connectivity index (χ1) is 11.4. The number of fused-ring (bicyclic) bond motifs is 1. The molecule has 0 amide bonds. The number of rotatable bonds is 3. The van der Waals surface area contributed by atoms with Gasteiger partial charge in [0, 0.05) is 11.6 Å². The molecular formula is C20H18BrN2O+. The number of nitrogens with zero attached hydrogens (tertiary/aromatic N) is 2. The van der Waals surface area contributed by atoms with Gasteiger partial charge >= 0.3 is 0 Å². The molecule has 0 spiro atoms. The number of aromatic nitrogens is 2. The molecule has 0 fully saturated rings. The Hall–Kier alpha value is -2.59. The molecule has 4 rings (SSSR count). The SMILES string of the molecule is Br.COc1ccc(-c2cn(-c3ccccc3)c3cccc[n+]23)cc1. The highest BCUT2D eigenvalue weighted by molar-refractivity contribution is 8.93. The molecule has 2 aromatic heterocycles. The number of ether oxygens (including phenoxy) is 1. The summed E-state index contributed by atoms with van der Waals surface area (Å²) in [6.07, 6.45) is 4.26. The van der Waals surface area contributed by atoms with Crippen LogP contribution in [0, 0.1) is 0 Å². The molecule has 120 valence electrons. The molecule has 24 heavy (non-hydrogen) atoms. The molecule has 0 radical (unpaired) electrons. The second kappa shape index (κ2) is 6.89. The summed E-state index contributed by atoms with van der Waals surface area (Å²) in [6, 6.07) is 24.8. The lowest BCUT2D eigenvalue weighted by atomic mass is 10.1. The first kappa shape index (κ1) is 16.3. The van der Waals surface area contributed by atoms with Crippen LogP contribution in [-0.2, 0) is 0 Å². The second-order valence-corrected chi connectivity index (χ2v) is 5.38. The summed E-state index contributed by atoms with van der Waals surface area (Å²) in [5.41, 5.74) is 4.58. The fourth-order valence-corrected chi connectivity index (χ4v) is 2.86. The molecule has 0 saturated heterocycles. The summed E-state index contributed by atoms with van der Waals surface area (Å²) >= 11 is 0. The van der Waals surface area contributed by atoms with E-state index in [0.29, 0.717) is 0 Å². The van der Waals surface area contributed by atoms with E-state index in [1.165, 1.54) is 0 Å². The third-order valence-electron chi connectivity index (χ3n) is 4.02. The van der Waals surface area contributed by atoms with E-state index in [4.69, 9.17) is 4.74 Å². The maximum atomic E-state index is 5.26. The highest BCUT2D eigenvalue weighted by Crippen LogP contribution is 2.23. The van der Waals surface area contributed by atoms with Crippen molar-refractivity contribution in [1.82, 2.24) is 4.57 Å². The molecule has 0 bridgehead atoms. The molecule has 4 aromatic rings. The summed E-state index contributed by atoms with van der Waals surface area (Å²) in [4.78, 5) is 0. The van der Waals surface area contributed by atoms with Crippen molar-refractivity contribution >= 4 is 22.6 Å². The van der Waals surface area contributed by atoms with Crippen molar-refractivity contribution in [2.24, 2.45) is 0 Å². The lowest BCUT2D eigenvalue weighted by Crippen LogP contribution is -2.21. The molecule has 0 aliphatic heterocycles. The fourth-order valence-electron chi connectivity index (χ4n) is 2.86. The van der Waals surface area contributed by atoms with Gasteiger partial charge in [-0.15, -0.1) is 17.0 Å². The number of hydrogen-bond acceptors (Lipinski definition) is 1. The van der Waals surface area contributed by atoms with Gasteiger partial charge in [0.15, 0.2) is 5.69 Å². The summed E-state index contributed by atoms with van der Waals surface area (Å²) < 4.78 is 9.67. The van der Waals surface area contributed by atoms with Crippen LogP contribution in [0.5, 0.6) is 5.75 Å². The van der Waals surface area contributed by atoms with Crippen LogP contribution in [0.1, 0.15) is 0 Å². The Kier molecular flexibility index (Phi) is 4.67. The van der Waals surface area contributed by atoms with Crippen LogP contribution >= 0.6 is 17.0 Å². The van der Waals surface area contributed by atoms with Crippen molar-refractivity contribution in [2.75, 3.05) is 7.11 Å². The first-order valence-corrected chi connectivity index (χ1v) is 7.58. The number of para-hydroxylation sites is 1. The average molecular weight is 382 g/mol. The van der Waals surface area contributed by atoms with Crippen molar-refractivity contribution in [1.29, 1.82) is 0 Å². The largest absolute Gasteiger partial charge is 0.497 e. The fraction of sp³-hybridized carbons (Fsp3) is 0.0500. The minimum Gasteiger partial charge on any atom is -0.497 e. The molecule has 0 unspecified atom stereocenters. The molecule has 0 aliphatic rings. The van der Waals surface area contributed by atoms with Gasteiger partial charge in [0.2, 0.25) is 0 Å². The van der Waals surface area contributed by atoms with Crippen LogP contribution in [0.3, 0.4) is 0 Å². The van der Waals surface area contributed by atoms with Crippen molar-refractivity contribution in [3.05, 3.63) is 85.2 Å². The van der Waals surface area contributed by atoms with Gasteiger partial charge < -0.3 is 4.74 Å². The lowest BCUT2D eigenvalue weighted by molar-refractivity contribution is -0.498. The number of methoxy groups -OCH3 is 1. The van der Waals surface area contributed by atoms with E-state index in [1.54, 1.807) is 7.11 Å². The van der Waals surface area contributed by atoms with Crippen molar-refractivity contribution < 1.29 is 9.14 Å². The van der Waals surface area contributed by atoms with E-state index in [2.05, 4.69) is 76.0 Å². The van der Waals surface area contributed by atoms with Gasteiger partial charge in [0.1, 0.15) is 17.6 Å². The summed E-state index contributed by atoms with van der Waals surface area (Å²) in [6.45, 7) is 0. The van der Waals surface area contributed by atoms with Crippen molar-refractivity contribution in [2.45, 2.75) is 0 Å². The molecule has 0 aliphatic carbocycles. The quantitative estimate of drug-likeness (QED) is 0.478.